The SMILES string of the molecule is CC(N)c1cccc(-c2cc(-c3ncco3)c3cnn(-c4cccc(CO)n4)c3c2)n1. The van der Waals surface area contributed by atoms with Crippen LogP contribution in [-0.2, 0) is 6.61 Å². The number of nitrogens with two attached hydrogens (primary N) is 1. The second-order valence-corrected chi connectivity index (χ2v) is 7.23. The van der Waals surface area contributed by atoms with Crippen molar-refractivity contribution in [3.8, 4) is 28.5 Å². The molecule has 0 radical (unpaired) electrons. The maximum absolute atomic E-state index is 9.47. The van der Waals surface area contributed by atoms with Crippen LogP contribution in [-0.4, -0.2) is 29.8 Å². The number of hydrogen-bond acceptors (Lipinski definition) is 7. The van der Waals surface area contributed by atoms with E-state index in [0.717, 1.165) is 33.4 Å². The highest BCUT2D eigenvalue weighted by atomic mass is 16.3. The summed E-state index contributed by atoms with van der Waals surface area (Å²) in [5, 5.41) is 14.9. The van der Waals surface area contributed by atoms with Gasteiger partial charge in [-0.15, -0.1) is 0 Å². The molecule has 3 N–H and O–H groups in total. The fourth-order valence-corrected chi connectivity index (χ4v) is 3.53. The van der Waals surface area contributed by atoms with Crippen molar-refractivity contribution in [3.05, 3.63) is 78.6 Å². The summed E-state index contributed by atoms with van der Waals surface area (Å²) in [4.78, 5) is 13.6. The minimum absolute atomic E-state index is 0.145. The molecule has 0 aliphatic heterocycles. The summed E-state index contributed by atoms with van der Waals surface area (Å²) in [5.41, 5.74) is 10.7. The molecule has 4 heterocycles. The molecule has 0 saturated heterocycles. The normalized spacial score (nSPS) is 12.4. The van der Waals surface area contributed by atoms with Crippen molar-refractivity contribution in [2.45, 2.75) is 19.6 Å². The number of benzene rings is 1. The monoisotopic (exact) mass is 412 g/mol. The lowest BCUT2D eigenvalue weighted by atomic mass is 10.0. The largest absolute Gasteiger partial charge is 0.445 e. The van der Waals surface area contributed by atoms with Gasteiger partial charge in [0.1, 0.15) is 6.26 Å². The Hall–Kier alpha value is -3.88. The molecule has 0 spiro atoms. The summed E-state index contributed by atoms with van der Waals surface area (Å²) in [5.74, 6) is 1.10. The number of aliphatic hydroxyl groups is 1. The molecule has 5 aromatic rings. The van der Waals surface area contributed by atoms with Crippen molar-refractivity contribution in [1.29, 1.82) is 0 Å². The zero-order valence-corrected chi connectivity index (χ0v) is 16.8. The number of fused-ring (bicyclic) bond motifs is 1. The Bertz CT molecular complexity index is 1360. The van der Waals surface area contributed by atoms with Crippen LogP contribution in [0.5, 0.6) is 0 Å². The number of rotatable bonds is 5. The molecule has 8 heteroatoms. The minimum atomic E-state index is -0.175. The van der Waals surface area contributed by atoms with Gasteiger partial charge in [-0.1, -0.05) is 12.1 Å². The van der Waals surface area contributed by atoms with Gasteiger partial charge >= 0.3 is 0 Å². The van der Waals surface area contributed by atoms with Gasteiger partial charge in [0.25, 0.3) is 0 Å². The van der Waals surface area contributed by atoms with Gasteiger partial charge in [-0.3, -0.25) is 4.98 Å². The van der Waals surface area contributed by atoms with Crippen LogP contribution >= 0.6 is 0 Å². The highest BCUT2D eigenvalue weighted by Gasteiger charge is 2.17. The summed E-state index contributed by atoms with van der Waals surface area (Å²) >= 11 is 0. The van der Waals surface area contributed by atoms with E-state index in [9.17, 15) is 5.11 Å². The number of aliphatic hydroxyl groups excluding tert-OH is 1. The van der Waals surface area contributed by atoms with Gasteiger partial charge in [0.2, 0.25) is 5.89 Å². The first-order chi connectivity index (χ1) is 15.1. The van der Waals surface area contributed by atoms with Crippen molar-refractivity contribution in [1.82, 2.24) is 24.7 Å². The number of pyridine rings is 2. The number of hydrogen-bond donors (Lipinski definition) is 2. The molecule has 5 rings (SSSR count). The number of nitrogens with zero attached hydrogens (tertiary/aromatic N) is 5. The lowest BCUT2D eigenvalue weighted by Crippen LogP contribution is -2.07. The van der Waals surface area contributed by atoms with Crippen LogP contribution in [0.3, 0.4) is 0 Å². The molecule has 0 saturated carbocycles. The Morgan fingerprint density at radius 3 is 2.77 bits per heavy atom. The fraction of sp³-hybridized carbons (Fsp3) is 0.130. The summed E-state index contributed by atoms with van der Waals surface area (Å²) in [6.45, 7) is 1.76. The Kier molecular flexibility index (Phi) is 4.78. The van der Waals surface area contributed by atoms with Crippen molar-refractivity contribution in [3.63, 3.8) is 0 Å². The lowest BCUT2D eigenvalue weighted by Gasteiger charge is -2.10. The second kappa shape index (κ2) is 7.75. The van der Waals surface area contributed by atoms with E-state index < -0.39 is 0 Å². The van der Waals surface area contributed by atoms with Gasteiger partial charge in [0.05, 0.1) is 41.6 Å². The molecular weight excluding hydrogens is 392 g/mol. The van der Waals surface area contributed by atoms with E-state index in [-0.39, 0.29) is 12.6 Å². The molecule has 154 valence electrons. The van der Waals surface area contributed by atoms with Crippen molar-refractivity contribution < 1.29 is 9.52 Å². The van der Waals surface area contributed by atoms with Gasteiger partial charge in [-0.05, 0) is 43.3 Å². The molecule has 8 nitrogen and oxygen atoms in total. The van der Waals surface area contributed by atoms with Crippen LogP contribution in [0.15, 0.2) is 71.6 Å². The van der Waals surface area contributed by atoms with Gasteiger partial charge in [0.15, 0.2) is 5.82 Å². The molecule has 1 atom stereocenters. The maximum Gasteiger partial charge on any atom is 0.226 e. The minimum Gasteiger partial charge on any atom is -0.445 e. The van der Waals surface area contributed by atoms with Gasteiger partial charge in [-0.2, -0.15) is 5.10 Å². The van der Waals surface area contributed by atoms with Crippen LogP contribution < -0.4 is 5.73 Å². The van der Waals surface area contributed by atoms with E-state index in [0.29, 0.717) is 17.4 Å². The molecule has 0 aliphatic rings. The van der Waals surface area contributed by atoms with Crippen LogP contribution in [0.4, 0.5) is 0 Å². The average molecular weight is 412 g/mol. The highest BCUT2D eigenvalue weighted by molar-refractivity contribution is 5.96. The van der Waals surface area contributed by atoms with Crippen molar-refractivity contribution in [2.24, 2.45) is 5.73 Å². The van der Waals surface area contributed by atoms with Crippen LogP contribution in [0.1, 0.15) is 24.4 Å². The first kappa shape index (κ1) is 19.1. The van der Waals surface area contributed by atoms with E-state index in [1.54, 1.807) is 29.4 Å². The van der Waals surface area contributed by atoms with E-state index in [1.807, 2.05) is 49.4 Å². The predicted molar refractivity (Wildman–Crippen MR) is 116 cm³/mol. The molecule has 0 bridgehead atoms. The molecule has 1 unspecified atom stereocenters. The summed E-state index contributed by atoms with van der Waals surface area (Å²) < 4.78 is 7.33. The van der Waals surface area contributed by atoms with Crippen LogP contribution in [0.2, 0.25) is 0 Å². The number of oxazole rings is 1. The maximum atomic E-state index is 9.47. The molecule has 1 aromatic carbocycles. The predicted octanol–water partition coefficient (Wildman–Crippen LogP) is 3.65. The second-order valence-electron chi connectivity index (χ2n) is 7.23. The first-order valence-corrected chi connectivity index (χ1v) is 9.86. The summed E-state index contributed by atoms with van der Waals surface area (Å²) in [6, 6.07) is 15.1. The fourth-order valence-electron chi connectivity index (χ4n) is 3.53. The average Bonchev–Trinajstić information content (AvgIpc) is 3.49. The third-order valence-corrected chi connectivity index (χ3v) is 5.06. The van der Waals surface area contributed by atoms with E-state index in [1.165, 1.54) is 0 Å². The Balaban J connectivity index is 1.76. The van der Waals surface area contributed by atoms with E-state index in [2.05, 4.69) is 15.1 Å². The third kappa shape index (κ3) is 3.48. The Morgan fingerprint density at radius 1 is 1.13 bits per heavy atom. The van der Waals surface area contributed by atoms with E-state index >= 15 is 0 Å². The molecule has 0 aliphatic carbocycles. The highest BCUT2D eigenvalue weighted by Crippen LogP contribution is 2.34. The Morgan fingerprint density at radius 2 is 2.00 bits per heavy atom. The third-order valence-electron chi connectivity index (χ3n) is 5.06. The van der Waals surface area contributed by atoms with Crippen molar-refractivity contribution in [2.75, 3.05) is 0 Å². The van der Waals surface area contributed by atoms with Crippen molar-refractivity contribution >= 4 is 10.9 Å². The Labute approximate surface area is 178 Å². The zero-order valence-electron chi connectivity index (χ0n) is 16.8. The molecule has 0 fully saturated rings. The zero-order chi connectivity index (χ0) is 21.4. The van der Waals surface area contributed by atoms with Gasteiger partial charge in [0, 0.05) is 22.6 Å². The molecule has 0 amide bonds. The molecule has 4 aromatic heterocycles. The standard InChI is InChI=1S/C23H20N6O2/c1-14(24)19-5-3-6-20(28-19)15-10-17(23-25-8-9-31-23)18-12-26-29(21(18)11-15)22-7-2-4-16(13-30)27-22/h2-12,14,30H,13,24H2,1H3. The summed E-state index contributed by atoms with van der Waals surface area (Å²) in [7, 11) is 0. The number of aromatic nitrogens is 5. The molecular formula is C23H20N6O2. The van der Waals surface area contributed by atoms with Crippen LogP contribution in [0, 0.1) is 0 Å². The topological polar surface area (TPSA) is 116 Å². The first-order valence-electron chi connectivity index (χ1n) is 9.86. The summed E-state index contributed by atoms with van der Waals surface area (Å²) in [6.07, 6.45) is 4.91. The van der Waals surface area contributed by atoms with Gasteiger partial charge in [-0.25, -0.2) is 14.6 Å². The lowest BCUT2D eigenvalue weighted by molar-refractivity contribution is 0.276. The smallest absolute Gasteiger partial charge is 0.226 e. The van der Waals surface area contributed by atoms with Crippen LogP contribution in [0.25, 0.3) is 39.4 Å². The molecule has 31 heavy (non-hydrogen) atoms. The van der Waals surface area contributed by atoms with Gasteiger partial charge < -0.3 is 15.3 Å². The van der Waals surface area contributed by atoms with E-state index in [4.69, 9.17) is 15.1 Å². The quantitative estimate of drug-likeness (QED) is 0.453.